The lowest BCUT2D eigenvalue weighted by molar-refractivity contribution is 0.560. The van der Waals surface area contributed by atoms with E-state index in [9.17, 15) is 0 Å². The fourth-order valence-electron chi connectivity index (χ4n) is 1.62. The minimum Gasteiger partial charge on any atom is -0.369 e. The summed E-state index contributed by atoms with van der Waals surface area (Å²) >= 11 is 5.52. The molecule has 0 saturated carbocycles. The maximum absolute atomic E-state index is 4.77. The maximum Gasteiger partial charge on any atom is 0.144 e. The van der Waals surface area contributed by atoms with Crippen LogP contribution in [0.25, 0.3) is 0 Å². The van der Waals surface area contributed by atoms with Crippen LogP contribution in [0.1, 0.15) is 60.0 Å². The summed E-state index contributed by atoms with van der Waals surface area (Å²) in [6, 6.07) is 0. The van der Waals surface area contributed by atoms with E-state index >= 15 is 0 Å². The van der Waals surface area contributed by atoms with Gasteiger partial charge in [-0.05, 0) is 22.9 Å². The Morgan fingerprint density at radius 1 is 1.10 bits per heavy atom. The van der Waals surface area contributed by atoms with E-state index in [0.717, 1.165) is 34.1 Å². The number of nitrogens with zero attached hydrogens (tertiary/aromatic N) is 2. The molecule has 0 aliphatic rings. The SMILES string of the molecule is CCNc1nc(CSC(C)(C)C)nc(C(C)(C)C)c1Br. The molecule has 5 heteroatoms. The van der Waals surface area contributed by atoms with Crippen molar-refractivity contribution in [2.75, 3.05) is 11.9 Å². The highest BCUT2D eigenvalue weighted by molar-refractivity contribution is 9.10. The van der Waals surface area contributed by atoms with Crippen LogP contribution in [0, 0.1) is 0 Å². The van der Waals surface area contributed by atoms with E-state index < -0.39 is 0 Å². The number of aromatic nitrogens is 2. The smallest absolute Gasteiger partial charge is 0.144 e. The van der Waals surface area contributed by atoms with Crippen LogP contribution in [0.5, 0.6) is 0 Å². The van der Waals surface area contributed by atoms with Crippen LogP contribution in [0.3, 0.4) is 0 Å². The molecular formula is C15H26BrN3S. The molecule has 0 spiro atoms. The van der Waals surface area contributed by atoms with Crippen LogP contribution >= 0.6 is 27.7 Å². The Morgan fingerprint density at radius 2 is 1.70 bits per heavy atom. The van der Waals surface area contributed by atoms with Crippen molar-refractivity contribution in [2.45, 2.75) is 64.4 Å². The predicted molar refractivity (Wildman–Crippen MR) is 93.6 cm³/mol. The zero-order chi connectivity index (χ0) is 15.6. The molecule has 0 aliphatic heterocycles. The van der Waals surface area contributed by atoms with Gasteiger partial charge in [-0.1, -0.05) is 41.5 Å². The van der Waals surface area contributed by atoms with Crippen molar-refractivity contribution in [1.82, 2.24) is 9.97 Å². The van der Waals surface area contributed by atoms with Crippen LogP contribution < -0.4 is 5.32 Å². The van der Waals surface area contributed by atoms with Crippen molar-refractivity contribution in [3.63, 3.8) is 0 Å². The molecule has 0 fully saturated rings. The Kier molecular flexibility index (Phi) is 5.90. The zero-order valence-electron chi connectivity index (χ0n) is 13.6. The van der Waals surface area contributed by atoms with E-state index in [4.69, 9.17) is 4.98 Å². The highest BCUT2D eigenvalue weighted by Crippen LogP contribution is 2.34. The van der Waals surface area contributed by atoms with Gasteiger partial charge in [0.25, 0.3) is 0 Å². The second kappa shape index (κ2) is 6.65. The highest BCUT2D eigenvalue weighted by Gasteiger charge is 2.23. The molecule has 3 nitrogen and oxygen atoms in total. The van der Waals surface area contributed by atoms with Crippen LogP contribution in [0.15, 0.2) is 4.47 Å². The number of rotatable bonds is 4. The highest BCUT2D eigenvalue weighted by atomic mass is 79.9. The van der Waals surface area contributed by atoms with E-state index in [2.05, 4.69) is 74.7 Å². The molecular weight excluding hydrogens is 334 g/mol. The van der Waals surface area contributed by atoms with E-state index in [1.54, 1.807) is 0 Å². The molecule has 1 rings (SSSR count). The molecule has 0 bridgehead atoms. The third-order valence-corrected chi connectivity index (χ3v) is 4.61. The number of nitrogens with one attached hydrogen (secondary N) is 1. The molecule has 0 saturated heterocycles. The lowest BCUT2D eigenvalue weighted by Crippen LogP contribution is -2.19. The summed E-state index contributed by atoms with van der Waals surface area (Å²) in [6.45, 7) is 16.1. The summed E-state index contributed by atoms with van der Waals surface area (Å²) in [7, 11) is 0. The van der Waals surface area contributed by atoms with Crippen molar-refractivity contribution in [3.8, 4) is 0 Å². The van der Waals surface area contributed by atoms with Gasteiger partial charge in [-0.25, -0.2) is 9.97 Å². The van der Waals surface area contributed by atoms with Crippen LogP contribution in [0.2, 0.25) is 0 Å². The average Bonchev–Trinajstić information content (AvgIpc) is 2.27. The topological polar surface area (TPSA) is 37.8 Å². The van der Waals surface area contributed by atoms with E-state index in [1.165, 1.54) is 0 Å². The van der Waals surface area contributed by atoms with Crippen molar-refractivity contribution in [3.05, 3.63) is 16.0 Å². The molecule has 0 amide bonds. The van der Waals surface area contributed by atoms with Gasteiger partial charge in [-0.2, -0.15) is 0 Å². The van der Waals surface area contributed by atoms with Gasteiger partial charge in [0, 0.05) is 16.7 Å². The number of anilines is 1. The van der Waals surface area contributed by atoms with Gasteiger partial charge in [0.05, 0.1) is 15.9 Å². The first-order valence-electron chi connectivity index (χ1n) is 6.99. The van der Waals surface area contributed by atoms with Crippen LogP contribution in [0.4, 0.5) is 5.82 Å². The normalized spacial score (nSPS) is 12.6. The molecule has 114 valence electrons. The molecule has 1 N–H and O–H groups in total. The molecule has 0 atom stereocenters. The number of halogens is 1. The van der Waals surface area contributed by atoms with Crippen LogP contribution in [-0.4, -0.2) is 21.3 Å². The largest absolute Gasteiger partial charge is 0.369 e. The quantitative estimate of drug-likeness (QED) is 0.820. The van der Waals surface area contributed by atoms with E-state index in [-0.39, 0.29) is 10.2 Å². The third kappa shape index (κ3) is 5.24. The Bertz CT molecular complexity index is 461. The monoisotopic (exact) mass is 359 g/mol. The summed E-state index contributed by atoms with van der Waals surface area (Å²) in [5.74, 6) is 2.63. The number of thioether (sulfide) groups is 1. The minimum atomic E-state index is -0.00685. The lowest BCUT2D eigenvalue weighted by Gasteiger charge is -2.23. The van der Waals surface area contributed by atoms with Crippen molar-refractivity contribution in [2.24, 2.45) is 0 Å². The van der Waals surface area contributed by atoms with Crippen molar-refractivity contribution >= 4 is 33.5 Å². The van der Waals surface area contributed by atoms with Crippen molar-refractivity contribution in [1.29, 1.82) is 0 Å². The molecule has 1 aromatic rings. The van der Waals surface area contributed by atoms with Gasteiger partial charge < -0.3 is 5.32 Å². The van der Waals surface area contributed by atoms with Gasteiger partial charge >= 0.3 is 0 Å². The van der Waals surface area contributed by atoms with Gasteiger partial charge in [0.1, 0.15) is 11.6 Å². The lowest BCUT2D eigenvalue weighted by atomic mass is 9.92. The summed E-state index contributed by atoms with van der Waals surface area (Å²) in [5.41, 5.74) is 1.06. The van der Waals surface area contributed by atoms with E-state index in [0.29, 0.717) is 0 Å². The second-order valence-corrected chi connectivity index (χ2v) is 9.43. The summed E-state index contributed by atoms with van der Waals surface area (Å²) in [5, 5.41) is 3.32. The Morgan fingerprint density at radius 3 is 2.15 bits per heavy atom. The molecule has 0 aliphatic carbocycles. The zero-order valence-corrected chi connectivity index (χ0v) is 16.0. The fraction of sp³-hybridized carbons (Fsp3) is 0.733. The molecule has 0 aromatic carbocycles. The third-order valence-electron chi connectivity index (χ3n) is 2.59. The molecule has 20 heavy (non-hydrogen) atoms. The molecule has 1 heterocycles. The minimum absolute atomic E-state index is 0.00685. The number of hydrogen-bond acceptors (Lipinski definition) is 4. The molecule has 0 unspecified atom stereocenters. The molecule has 0 radical (unpaired) electrons. The Balaban J connectivity index is 3.16. The summed E-state index contributed by atoms with van der Waals surface area (Å²) < 4.78 is 1.20. The van der Waals surface area contributed by atoms with E-state index in [1.807, 2.05) is 11.8 Å². The van der Waals surface area contributed by atoms with Gasteiger partial charge in [0.15, 0.2) is 0 Å². The summed E-state index contributed by atoms with van der Waals surface area (Å²) in [6.07, 6.45) is 0. The maximum atomic E-state index is 4.77. The first-order chi connectivity index (χ1) is 9.04. The first kappa shape index (κ1) is 17.8. The average molecular weight is 360 g/mol. The predicted octanol–water partition coefficient (Wildman–Crippen LogP) is 5.00. The van der Waals surface area contributed by atoms with Gasteiger partial charge in [-0.3, -0.25) is 0 Å². The van der Waals surface area contributed by atoms with Gasteiger partial charge in [0.2, 0.25) is 0 Å². The number of hydrogen-bond donors (Lipinski definition) is 1. The summed E-state index contributed by atoms with van der Waals surface area (Å²) in [4.78, 5) is 9.42. The second-order valence-electron chi connectivity index (χ2n) is 6.83. The van der Waals surface area contributed by atoms with Crippen LogP contribution in [-0.2, 0) is 11.2 Å². The van der Waals surface area contributed by atoms with Gasteiger partial charge in [-0.15, -0.1) is 11.8 Å². The molecule has 1 aromatic heterocycles. The first-order valence-corrected chi connectivity index (χ1v) is 8.77. The Labute approximate surface area is 135 Å². The van der Waals surface area contributed by atoms with Crippen molar-refractivity contribution < 1.29 is 0 Å². The standard InChI is InChI=1S/C15H26BrN3S/c1-8-17-13-11(16)12(14(2,3)4)18-10(19-13)9-20-15(5,6)7/h8-9H2,1-7H3,(H,17,18,19). The fourth-order valence-corrected chi connectivity index (χ4v) is 3.22. The Hall–Kier alpha value is -0.290.